The lowest BCUT2D eigenvalue weighted by Gasteiger charge is -2.66. The second-order valence-electron chi connectivity index (χ2n) is 7.63. The SMILES string of the molecule is Cc1cc(C)cc(NC(=O)C23CCC(C(Br)Br)(C2Br)C3(C)C)c1. The standard InChI is InChI=1S/C18H22Br3NO/c1-10-7-11(2)9-12(8-10)22-15(23)18-6-5-17(13(18)19,14(20)21)16(18,3)4/h7-9,13-14H,5-6H2,1-4H3,(H,22,23). The second-order valence-corrected chi connectivity index (χ2v) is 11.6. The number of hydrogen-bond donors (Lipinski definition) is 1. The molecule has 3 aliphatic rings. The predicted octanol–water partition coefficient (Wildman–Crippen LogP) is 5.93. The summed E-state index contributed by atoms with van der Waals surface area (Å²) in [4.78, 5) is 13.4. The largest absolute Gasteiger partial charge is 0.326 e. The Morgan fingerprint density at radius 3 is 2.17 bits per heavy atom. The molecule has 1 amide bonds. The molecule has 4 rings (SSSR count). The van der Waals surface area contributed by atoms with Crippen molar-refractivity contribution in [3.8, 4) is 0 Å². The summed E-state index contributed by atoms with van der Waals surface area (Å²) in [5.41, 5.74) is 2.87. The summed E-state index contributed by atoms with van der Waals surface area (Å²) in [6, 6.07) is 6.20. The molecule has 3 aliphatic carbocycles. The Morgan fingerprint density at radius 2 is 1.74 bits per heavy atom. The number of anilines is 1. The monoisotopic (exact) mass is 505 g/mol. The fourth-order valence-electron chi connectivity index (χ4n) is 4.99. The maximum absolute atomic E-state index is 13.2. The van der Waals surface area contributed by atoms with Gasteiger partial charge in [0, 0.05) is 15.9 Å². The molecule has 1 aromatic rings. The summed E-state index contributed by atoms with van der Waals surface area (Å²) < 4.78 is 0.200. The number of nitrogens with one attached hydrogen (secondary N) is 1. The Morgan fingerprint density at radius 1 is 1.17 bits per heavy atom. The van der Waals surface area contributed by atoms with Crippen LogP contribution in [0.25, 0.3) is 0 Å². The van der Waals surface area contributed by atoms with Gasteiger partial charge in [0.15, 0.2) is 0 Å². The van der Waals surface area contributed by atoms with Gasteiger partial charge in [-0.15, -0.1) is 0 Å². The summed E-state index contributed by atoms with van der Waals surface area (Å²) in [5, 5.41) is 3.19. The summed E-state index contributed by atoms with van der Waals surface area (Å²) in [7, 11) is 0. The third-order valence-electron chi connectivity index (χ3n) is 6.37. The maximum Gasteiger partial charge on any atom is 0.232 e. The predicted molar refractivity (Wildman–Crippen MR) is 107 cm³/mol. The first-order valence-corrected chi connectivity index (χ1v) is 10.7. The van der Waals surface area contributed by atoms with E-state index >= 15 is 0 Å². The number of fused-ring (bicyclic) bond motifs is 1. The van der Waals surface area contributed by atoms with Gasteiger partial charge >= 0.3 is 0 Å². The van der Waals surface area contributed by atoms with Crippen molar-refractivity contribution in [1.82, 2.24) is 0 Å². The van der Waals surface area contributed by atoms with Crippen LogP contribution in [0, 0.1) is 30.1 Å². The summed E-state index contributed by atoms with van der Waals surface area (Å²) in [6.07, 6.45) is 1.96. The topological polar surface area (TPSA) is 29.1 Å². The molecule has 3 atom stereocenters. The van der Waals surface area contributed by atoms with Gasteiger partial charge in [0.2, 0.25) is 5.91 Å². The van der Waals surface area contributed by atoms with Crippen LogP contribution >= 0.6 is 47.8 Å². The van der Waals surface area contributed by atoms with Crippen LogP contribution in [0.3, 0.4) is 0 Å². The Bertz CT molecular complexity index is 652. The normalized spacial score (nSPS) is 34.3. The number of amides is 1. The van der Waals surface area contributed by atoms with Crippen LogP contribution in [0.5, 0.6) is 0 Å². The lowest BCUT2D eigenvalue weighted by atomic mass is 9.43. The minimum absolute atomic E-state index is 0.0624. The van der Waals surface area contributed by atoms with Gasteiger partial charge in [0.1, 0.15) is 0 Å². The molecule has 2 nitrogen and oxygen atoms in total. The molecule has 0 spiro atoms. The molecule has 0 heterocycles. The molecule has 0 radical (unpaired) electrons. The van der Waals surface area contributed by atoms with Gasteiger partial charge in [-0.3, -0.25) is 4.79 Å². The molecular formula is C18H22Br3NO. The van der Waals surface area contributed by atoms with E-state index in [-0.39, 0.29) is 30.7 Å². The van der Waals surface area contributed by atoms with Crippen molar-refractivity contribution >= 4 is 59.4 Å². The molecule has 0 aliphatic heterocycles. The average molecular weight is 508 g/mol. The van der Waals surface area contributed by atoms with Crippen molar-refractivity contribution in [2.24, 2.45) is 16.2 Å². The Labute approximate surface area is 163 Å². The van der Waals surface area contributed by atoms with Crippen molar-refractivity contribution in [3.63, 3.8) is 0 Å². The fourth-order valence-corrected chi connectivity index (χ4v) is 9.90. The maximum atomic E-state index is 13.2. The molecular weight excluding hydrogens is 486 g/mol. The Balaban J connectivity index is 1.92. The van der Waals surface area contributed by atoms with Crippen LogP contribution in [-0.2, 0) is 4.79 Å². The number of hydrogen-bond acceptors (Lipinski definition) is 1. The average Bonchev–Trinajstić information content (AvgIpc) is 2.87. The van der Waals surface area contributed by atoms with Crippen molar-refractivity contribution < 1.29 is 4.79 Å². The molecule has 1 aromatic carbocycles. The van der Waals surface area contributed by atoms with E-state index in [1.54, 1.807) is 0 Å². The molecule has 3 fully saturated rings. The van der Waals surface area contributed by atoms with E-state index in [4.69, 9.17) is 0 Å². The molecule has 1 N–H and O–H groups in total. The van der Waals surface area contributed by atoms with Gasteiger partial charge in [0.05, 0.1) is 9.15 Å². The van der Waals surface area contributed by atoms with E-state index < -0.39 is 0 Å². The van der Waals surface area contributed by atoms with Crippen LogP contribution in [-0.4, -0.2) is 14.5 Å². The van der Waals surface area contributed by atoms with Gasteiger partial charge in [0.25, 0.3) is 0 Å². The third kappa shape index (κ3) is 2.11. The number of rotatable bonds is 3. The number of carbonyl (C=O) groups excluding carboxylic acids is 1. The molecule has 126 valence electrons. The third-order valence-corrected chi connectivity index (χ3v) is 9.60. The van der Waals surface area contributed by atoms with Crippen LogP contribution in [0.15, 0.2) is 18.2 Å². The second kappa shape index (κ2) is 5.57. The van der Waals surface area contributed by atoms with Crippen LogP contribution < -0.4 is 5.32 Å². The molecule has 5 heteroatoms. The Kier molecular flexibility index (Phi) is 4.34. The van der Waals surface area contributed by atoms with Crippen molar-refractivity contribution in [1.29, 1.82) is 0 Å². The molecule has 3 saturated carbocycles. The lowest BCUT2D eigenvalue weighted by Crippen LogP contribution is -2.71. The van der Waals surface area contributed by atoms with Crippen LogP contribution in [0.4, 0.5) is 5.69 Å². The summed E-state index contributed by atoms with van der Waals surface area (Å²) in [5.74, 6) is 0.142. The van der Waals surface area contributed by atoms with Gasteiger partial charge in [-0.1, -0.05) is 67.7 Å². The van der Waals surface area contributed by atoms with E-state index in [1.165, 1.54) is 11.1 Å². The molecule has 3 unspecified atom stereocenters. The van der Waals surface area contributed by atoms with E-state index in [9.17, 15) is 4.79 Å². The zero-order valence-electron chi connectivity index (χ0n) is 13.8. The van der Waals surface area contributed by atoms with Gasteiger partial charge in [-0.05, 0) is 55.4 Å². The summed E-state index contributed by atoms with van der Waals surface area (Å²) in [6.45, 7) is 8.58. The number of alkyl halides is 3. The number of carbonyl (C=O) groups is 1. The van der Waals surface area contributed by atoms with Crippen LogP contribution in [0.2, 0.25) is 0 Å². The summed E-state index contributed by atoms with van der Waals surface area (Å²) >= 11 is 11.3. The van der Waals surface area contributed by atoms with Crippen molar-refractivity contribution in [2.75, 3.05) is 5.32 Å². The van der Waals surface area contributed by atoms with E-state index in [0.29, 0.717) is 0 Å². The van der Waals surface area contributed by atoms with Crippen LogP contribution in [0.1, 0.15) is 37.8 Å². The first kappa shape index (κ1) is 17.9. The first-order chi connectivity index (χ1) is 10.6. The molecule has 2 bridgehead atoms. The highest BCUT2D eigenvalue weighted by Crippen LogP contribution is 2.82. The minimum atomic E-state index is -0.357. The lowest BCUT2D eigenvalue weighted by molar-refractivity contribution is -0.155. The number of aryl methyl sites for hydroxylation is 2. The minimum Gasteiger partial charge on any atom is -0.326 e. The quantitative estimate of drug-likeness (QED) is 0.505. The van der Waals surface area contributed by atoms with Crippen molar-refractivity contribution in [3.05, 3.63) is 29.3 Å². The van der Waals surface area contributed by atoms with Gasteiger partial charge in [-0.2, -0.15) is 0 Å². The van der Waals surface area contributed by atoms with Crippen molar-refractivity contribution in [2.45, 2.75) is 49.1 Å². The first-order valence-electron chi connectivity index (χ1n) is 7.91. The van der Waals surface area contributed by atoms with E-state index in [1.807, 2.05) is 12.1 Å². The number of halogens is 3. The zero-order chi connectivity index (χ0) is 17.2. The van der Waals surface area contributed by atoms with Gasteiger partial charge in [-0.25, -0.2) is 0 Å². The fraction of sp³-hybridized carbons (Fsp3) is 0.611. The highest BCUT2D eigenvalue weighted by Gasteiger charge is 2.83. The van der Waals surface area contributed by atoms with E-state index in [0.717, 1.165) is 18.5 Å². The van der Waals surface area contributed by atoms with E-state index in [2.05, 4.69) is 86.9 Å². The molecule has 0 saturated heterocycles. The smallest absolute Gasteiger partial charge is 0.232 e. The molecule has 23 heavy (non-hydrogen) atoms. The highest BCUT2D eigenvalue weighted by molar-refractivity contribution is 9.24. The number of benzene rings is 1. The molecule has 0 aromatic heterocycles. The Hall–Kier alpha value is 0.130. The highest BCUT2D eigenvalue weighted by atomic mass is 79.9. The van der Waals surface area contributed by atoms with Gasteiger partial charge < -0.3 is 5.32 Å². The zero-order valence-corrected chi connectivity index (χ0v) is 18.6.